The third-order valence-corrected chi connectivity index (χ3v) is 4.99. The van der Waals surface area contributed by atoms with Crippen LogP contribution in [0.3, 0.4) is 0 Å². The first kappa shape index (κ1) is 19.9. The number of halogens is 2. The van der Waals surface area contributed by atoms with Gasteiger partial charge in [-0.2, -0.15) is 5.10 Å². The zero-order valence-electron chi connectivity index (χ0n) is 14.9. The van der Waals surface area contributed by atoms with Crippen LogP contribution in [0.15, 0.2) is 12.3 Å². The molecule has 0 N–H and O–H groups in total. The Labute approximate surface area is 166 Å². The molecule has 0 spiro atoms. The Morgan fingerprint density at radius 3 is 2.96 bits per heavy atom. The molecular formula is C16H21Cl2N5O4. The maximum absolute atomic E-state index is 11.5. The highest BCUT2D eigenvalue weighted by Gasteiger charge is 2.29. The van der Waals surface area contributed by atoms with Gasteiger partial charge in [0.05, 0.1) is 11.5 Å². The van der Waals surface area contributed by atoms with Crippen molar-refractivity contribution >= 4 is 28.9 Å². The molecule has 0 saturated carbocycles. The fraction of sp³-hybridized carbons (Fsp3) is 0.625. The second kappa shape index (κ2) is 8.90. The van der Waals surface area contributed by atoms with E-state index in [1.54, 1.807) is 28.6 Å². The molecule has 2 aromatic heterocycles. The highest BCUT2D eigenvalue weighted by molar-refractivity contribution is 6.29. The molecule has 1 aliphatic heterocycles. The highest BCUT2D eigenvalue weighted by atomic mass is 35.5. The highest BCUT2D eigenvalue weighted by Crippen LogP contribution is 2.32. The molecule has 3 rings (SSSR count). The normalized spacial score (nSPS) is 20.0. The van der Waals surface area contributed by atoms with Gasteiger partial charge in [-0.05, 0) is 31.7 Å². The number of ether oxygens (including phenoxy) is 2. The van der Waals surface area contributed by atoms with Crippen LogP contribution in [0, 0.1) is 23.0 Å². The number of aromatic nitrogens is 4. The molecule has 0 radical (unpaired) electrons. The van der Waals surface area contributed by atoms with E-state index < -0.39 is 4.92 Å². The molecule has 2 aromatic rings. The topological polar surface area (TPSA) is 97.2 Å². The summed E-state index contributed by atoms with van der Waals surface area (Å²) in [4.78, 5) is 11.0. The predicted molar refractivity (Wildman–Crippen MR) is 99.3 cm³/mol. The number of hydrogen-bond acceptors (Lipinski definition) is 6. The average Bonchev–Trinajstić information content (AvgIpc) is 3.15. The molecule has 27 heavy (non-hydrogen) atoms. The van der Waals surface area contributed by atoms with Crippen molar-refractivity contribution < 1.29 is 14.4 Å². The second-order valence-corrected chi connectivity index (χ2v) is 7.33. The van der Waals surface area contributed by atoms with Crippen molar-refractivity contribution in [1.82, 2.24) is 19.6 Å². The van der Waals surface area contributed by atoms with Crippen molar-refractivity contribution in [2.75, 3.05) is 13.2 Å². The van der Waals surface area contributed by atoms with Crippen LogP contribution in [0.2, 0.25) is 5.15 Å². The van der Waals surface area contributed by atoms with E-state index in [4.69, 9.17) is 32.7 Å². The Bertz CT molecular complexity index is 794. The van der Waals surface area contributed by atoms with Gasteiger partial charge >= 0.3 is 11.6 Å². The average molecular weight is 418 g/mol. The lowest BCUT2D eigenvalue weighted by atomic mass is 10.0. The minimum Gasteiger partial charge on any atom is -0.472 e. The van der Waals surface area contributed by atoms with Gasteiger partial charge in [0.2, 0.25) is 0 Å². The number of nitro groups is 1. The van der Waals surface area contributed by atoms with Gasteiger partial charge in [0.1, 0.15) is 11.3 Å². The molecule has 0 aromatic carbocycles. The molecule has 9 nitrogen and oxygen atoms in total. The molecule has 1 fully saturated rings. The van der Waals surface area contributed by atoms with E-state index in [9.17, 15) is 10.1 Å². The van der Waals surface area contributed by atoms with Gasteiger partial charge in [-0.1, -0.05) is 23.2 Å². The third-order valence-electron chi connectivity index (χ3n) is 4.48. The van der Waals surface area contributed by atoms with Crippen molar-refractivity contribution in [3.63, 3.8) is 0 Å². The number of hydrogen-bond donors (Lipinski definition) is 0. The molecule has 2 atom stereocenters. The lowest BCUT2D eigenvalue weighted by Gasteiger charge is -2.25. The molecule has 1 aliphatic rings. The van der Waals surface area contributed by atoms with Crippen molar-refractivity contribution in [3.05, 3.63) is 33.2 Å². The van der Waals surface area contributed by atoms with Gasteiger partial charge in [-0.25, -0.2) is 0 Å². The molecular weight excluding hydrogens is 397 g/mol. The quantitative estimate of drug-likeness (QED) is 0.282. The Hall–Kier alpha value is -1.84. The summed E-state index contributed by atoms with van der Waals surface area (Å²) in [5, 5.41) is 20.3. The first-order chi connectivity index (χ1) is 12.9. The predicted octanol–water partition coefficient (Wildman–Crippen LogP) is 3.41. The maximum Gasteiger partial charge on any atom is 0.352 e. The first-order valence-corrected chi connectivity index (χ1v) is 9.54. The molecule has 2 unspecified atom stereocenters. The van der Waals surface area contributed by atoms with Crippen LogP contribution >= 0.6 is 23.2 Å². The standard InChI is InChI=1S/C16H21Cl2N5O4/c1-11-15(23(24)25)16(27-7-2-5-21-6-3-13(17)19-21)20-22(11)10-12-4-8-26-14(18)9-12/h3,6,12,14H,2,4-5,7-10H2,1H3. The van der Waals surface area contributed by atoms with Crippen LogP contribution in [-0.4, -0.2) is 43.3 Å². The second-order valence-electron chi connectivity index (χ2n) is 6.45. The number of alkyl halides is 1. The van der Waals surface area contributed by atoms with Gasteiger partial charge in [0.15, 0.2) is 5.15 Å². The minimum atomic E-state index is -0.449. The summed E-state index contributed by atoms with van der Waals surface area (Å²) in [6, 6.07) is 1.69. The van der Waals surface area contributed by atoms with E-state index in [0.717, 1.165) is 6.42 Å². The summed E-state index contributed by atoms with van der Waals surface area (Å²) in [5.74, 6) is 0.308. The summed E-state index contributed by atoms with van der Waals surface area (Å²) in [6.07, 6.45) is 3.92. The van der Waals surface area contributed by atoms with Crippen LogP contribution < -0.4 is 4.74 Å². The van der Waals surface area contributed by atoms with E-state index in [0.29, 0.717) is 43.4 Å². The fourth-order valence-corrected chi connectivity index (χ4v) is 3.57. The third kappa shape index (κ3) is 5.12. The van der Waals surface area contributed by atoms with E-state index in [-0.39, 0.29) is 29.7 Å². The monoisotopic (exact) mass is 417 g/mol. The van der Waals surface area contributed by atoms with E-state index in [2.05, 4.69) is 10.2 Å². The van der Waals surface area contributed by atoms with Crippen molar-refractivity contribution in [2.45, 2.75) is 44.8 Å². The van der Waals surface area contributed by atoms with Crippen LogP contribution in [-0.2, 0) is 17.8 Å². The molecule has 1 saturated heterocycles. The van der Waals surface area contributed by atoms with Crippen molar-refractivity contribution in [2.24, 2.45) is 5.92 Å². The molecule has 0 aliphatic carbocycles. The summed E-state index contributed by atoms with van der Waals surface area (Å²) in [7, 11) is 0. The molecule has 0 amide bonds. The van der Waals surface area contributed by atoms with Gasteiger partial charge in [0.25, 0.3) is 0 Å². The zero-order chi connectivity index (χ0) is 19.4. The minimum absolute atomic E-state index is 0.0467. The largest absolute Gasteiger partial charge is 0.472 e. The smallest absolute Gasteiger partial charge is 0.352 e. The van der Waals surface area contributed by atoms with Gasteiger partial charge in [0, 0.05) is 32.3 Å². The summed E-state index contributed by atoms with van der Waals surface area (Å²) >= 11 is 11.8. The van der Waals surface area contributed by atoms with Crippen LogP contribution in [0.25, 0.3) is 0 Å². The Balaban J connectivity index is 1.62. The SMILES string of the molecule is Cc1c([N+](=O)[O-])c(OCCCn2ccc(Cl)n2)nn1CC1CCOC(Cl)C1. The van der Waals surface area contributed by atoms with Crippen LogP contribution in [0.1, 0.15) is 25.0 Å². The maximum atomic E-state index is 11.5. The molecule has 3 heterocycles. The first-order valence-electron chi connectivity index (χ1n) is 8.73. The Morgan fingerprint density at radius 1 is 1.48 bits per heavy atom. The van der Waals surface area contributed by atoms with Crippen molar-refractivity contribution in [1.29, 1.82) is 0 Å². The number of aryl methyl sites for hydroxylation is 1. The lowest BCUT2D eigenvalue weighted by Crippen LogP contribution is -2.25. The van der Waals surface area contributed by atoms with E-state index >= 15 is 0 Å². The fourth-order valence-electron chi connectivity index (χ4n) is 3.07. The molecule has 0 bridgehead atoms. The van der Waals surface area contributed by atoms with Crippen LogP contribution in [0.4, 0.5) is 5.69 Å². The number of rotatable bonds is 8. The summed E-state index contributed by atoms with van der Waals surface area (Å²) in [6.45, 7) is 3.70. The Kier molecular flexibility index (Phi) is 6.56. The van der Waals surface area contributed by atoms with Crippen LogP contribution in [0.5, 0.6) is 5.88 Å². The lowest BCUT2D eigenvalue weighted by molar-refractivity contribution is -0.386. The zero-order valence-corrected chi connectivity index (χ0v) is 16.4. The summed E-state index contributed by atoms with van der Waals surface area (Å²) < 4.78 is 14.3. The van der Waals surface area contributed by atoms with Gasteiger partial charge in [-0.3, -0.25) is 19.5 Å². The molecule has 11 heteroatoms. The summed E-state index contributed by atoms with van der Waals surface area (Å²) in [5.41, 5.74) is 0.0687. The van der Waals surface area contributed by atoms with Gasteiger partial charge in [-0.15, -0.1) is 5.10 Å². The Morgan fingerprint density at radius 2 is 2.30 bits per heavy atom. The van der Waals surface area contributed by atoms with E-state index in [1.165, 1.54) is 0 Å². The van der Waals surface area contributed by atoms with Crippen molar-refractivity contribution in [3.8, 4) is 5.88 Å². The van der Waals surface area contributed by atoms with Gasteiger partial charge < -0.3 is 9.47 Å². The van der Waals surface area contributed by atoms with E-state index in [1.807, 2.05) is 0 Å². The number of nitrogens with zero attached hydrogens (tertiary/aromatic N) is 5. The molecule has 148 valence electrons.